The van der Waals surface area contributed by atoms with Gasteiger partial charge in [0.1, 0.15) is 6.17 Å². The average Bonchev–Trinajstić information content (AvgIpc) is 2.53. The van der Waals surface area contributed by atoms with Gasteiger partial charge in [-0.1, -0.05) is 24.3 Å². The molecule has 2 rings (SSSR count). The van der Waals surface area contributed by atoms with Crippen LogP contribution in [0.25, 0.3) is 0 Å². The Kier molecular flexibility index (Phi) is 5.47. The van der Waals surface area contributed by atoms with Crippen molar-refractivity contribution in [2.75, 3.05) is 26.7 Å². The minimum absolute atomic E-state index is 0.166. The molecule has 1 aliphatic rings. The molecule has 1 aromatic carbocycles. The maximum atomic E-state index is 13.7. The van der Waals surface area contributed by atoms with Gasteiger partial charge in [-0.15, -0.1) is 0 Å². The van der Waals surface area contributed by atoms with Crippen molar-refractivity contribution in [2.24, 2.45) is 0 Å². The molecule has 1 aliphatic heterocycles. The monoisotopic (exact) mass is 292 g/mol. The first-order chi connectivity index (χ1) is 10.1. The number of alkyl halides is 1. The molecule has 1 heterocycles. The lowest BCUT2D eigenvalue weighted by Crippen LogP contribution is -2.34. The Labute approximate surface area is 124 Å². The average molecular weight is 292 g/mol. The molecule has 4 nitrogen and oxygen atoms in total. The van der Waals surface area contributed by atoms with Crippen LogP contribution in [-0.2, 0) is 6.61 Å². The van der Waals surface area contributed by atoms with Crippen LogP contribution in [0.1, 0.15) is 22.3 Å². The molecule has 1 amide bonds. The molecule has 2 N–H and O–H groups in total. The summed E-state index contributed by atoms with van der Waals surface area (Å²) < 4.78 is 13.7. The van der Waals surface area contributed by atoms with Crippen LogP contribution in [-0.4, -0.2) is 48.8 Å². The lowest BCUT2D eigenvalue weighted by molar-refractivity contribution is 0.0806. The highest BCUT2D eigenvalue weighted by Gasteiger charge is 2.18. The molecular formula is C16H21FN2O2. The van der Waals surface area contributed by atoms with Gasteiger partial charge in [-0.3, -0.25) is 4.79 Å². The number of hydrogen-bond acceptors (Lipinski definition) is 3. The molecule has 21 heavy (non-hydrogen) atoms. The van der Waals surface area contributed by atoms with Gasteiger partial charge >= 0.3 is 0 Å². The maximum Gasteiger partial charge on any atom is 0.254 e. The van der Waals surface area contributed by atoms with E-state index in [-0.39, 0.29) is 12.5 Å². The fourth-order valence-corrected chi connectivity index (χ4v) is 2.39. The zero-order chi connectivity index (χ0) is 15.2. The largest absolute Gasteiger partial charge is 0.392 e. The summed E-state index contributed by atoms with van der Waals surface area (Å²) in [5, 5.41) is 12.3. The van der Waals surface area contributed by atoms with E-state index in [9.17, 15) is 14.3 Å². The molecule has 0 spiro atoms. The van der Waals surface area contributed by atoms with Gasteiger partial charge in [-0.05, 0) is 30.2 Å². The third-order valence-electron chi connectivity index (χ3n) is 3.71. The second-order valence-corrected chi connectivity index (χ2v) is 5.20. The van der Waals surface area contributed by atoms with Crippen LogP contribution in [0.3, 0.4) is 0 Å². The fourth-order valence-electron chi connectivity index (χ4n) is 2.39. The van der Waals surface area contributed by atoms with E-state index in [0.29, 0.717) is 30.6 Å². The van der Waals surface area contributed by atoms with E-state index in [0.717, 1.165) is 12.1 Å². The summed E-state index contributed by atoms with van der Waals surface area (Å²) in [5.41, 5.74) is 1.85. The van der Waals surface area contributed by atoms with Gasteiger partial charge in [-0.2, -0.15) is 0 Å². The predicted molar refractivity (Wildman–Crippen MR) is 79.8 cm³/mol. The Morgan fingerprint density at radius 2 is 2.29 bits per heavy atom. The summed E-state index contributed by atoms with van der Waals surface area (Å²) in [6.45, 7) is 1.32. The molecule has 0 aromatic heterocycles. The lowest BCUT2D eigenvalue weighted by atomic mass is 10.0. The highest BCUT2D eigenvalue weighted by atomic mass is 19.1. The number of carbonyl (C=O) groups excluding carboxylic acids is 1. The zero-order valence-electron chi connectivity index (χ0n) is 12.2. The lowest BCUT2D eigenvalue weighted by Gasteiger charge is -2.22. The maximum absolute atomic E-state index is 13.7. The summed E-state index contributed by atoms with van der Waals surface area (Å²) >= 11 is 0. The number of nitrogens with zero attached hydrogens (tertiary/aromatic N) is 1. The first-order valence-corrected chi connectivity index (χ1v) is 7.11. The number of aliphatic hydroxyl groups is 1. The SMILES string of the molecule is CN(CC=C1CCNCC1F)C(=O)c1ccccc1CO. The van der Waals surface area contributed by atoms with Gasteiger partial charge in [0.05, 0.1) is 6.61 Å². The van der Waals surface area contributed by atoms with Crippen molar-refractivity contribution in [3.8, 4) is 0 Å². The first-order valence-electron chi connectivity index (χ1n) is 7.11. The number of piperidine rings is 1. The number of carbonyl (C=O) groups is 1. The molecular weight excluding hydrogens is 271 g/mol. The predicted octanol–water partition coefficient (Wildman–Crippen LogP) is 1.51. The number of benzene rings is 1. The normalized spacial score (nSPS) is 20.5. The van der Waals surface area contributed by atoms with Crippen molar-refractivity contribution in [1.82, 2.24) is 10.2 Å². The summed E-state index contributed by atoms with van der Waals surface area (Å²) in [6.07, 6.45) is 1.51. The number of rotatable bonds is 4. The van der Waals surface area contributed by atoms with E-state index in [2.05, 4.69) is 5.32 Å². The van der Waals surface area contributed by atoms with Crippen LogP contribution >= 0.6 is 0 Å². The quantitative estimate of drug-likeness (QED) is 0.827. The number of nitrogens with one attached hydrogen (secondary N) is 1. The highest BCUT2D eigenvalue weighted by molar-refractivity contribution is 5.95. The summed E-state index contributed by atoms with van der Waals surface area (Å²) in [4.78, 5) is 13.9. The topological polar surface area (TPSA) is 52.6 Å². The van der Waals surface area contributed by atoms with Gasteiger partial charge in [-0.25, -0.2) is 4.39 Å². The van der Waals surface area contributed by atoms with Crippen LogP contribution in [0.4, 0.5) is 4.39 Å². The number of hydrogen-bond donors (Lipinski definition) is 2. The second-order valence-electron chi connectivity index (χ2n) is 5.20. The van der Waals surface area contributed by atoms with Crippen LogP contribution in [0.5, 0.6) is 0 Å². The van der Waals surface area contributed by atoms with E-state index in [1.54, 1.807) is 37.4 Å². The Bertz CT molecular complexity index is 531. The molecule has 0 saturated carbocycles. The van der Waals surface area contributed by atoms with Crippen molar-refractivity contribution >= 4 is 5.91 Å². The van der Waals surface area contributed by atoms with E-state index < -0.39 is 6.17 Å². The van der Waals surface area contributed by atoms with Crippen molar-refractivity contribution in [1.29, 1.82) is 0 Å². The highest BCUT2D eigenvalue weighted by Crippen LogP contribution is 2.15. The third-order valence-corrected chi connectivity index (χ3v) is 3.71. The molecule has 1 aromatic rings. The number of amides is 1. The van der Waals surface area contributed by atoms with Crippen LogP contribution in [0.2, 0.25) is 0 Å². The van der Waals surface area contributed by atoms with Crippen molar-refractivity contribution in [3.05, 3.63) is 47.0 Å². The Hall–Kier alpha value is -1.72. The van der Waals surface area contributed by atoms with Crippen molar-refractivity contribution in [3.63, 3.8) is 0 Å². The molecule has 0 radical (unpaired) electrons. The van der Waals surface area contributed by atoms with E-state index in [4.69, 9.17) is 0 Å². The Balaban J connectivity index is 2.04. The minimum atomic E-state index is -0.966. The Morgan fingerprint density at radius 3 is 3.00 bits per heavy atom. The van der Waals surface area contributed by atoms with E-state index >= 15 is 0 Å². The van der Waals surface area contributed by atoms with Crippen molar-refractivity contribution in [2.45, 2.75) is 19.2 Å². The van der Waals surface area contributed by atoms with Crippen LogP contribution < -0.4 is 5.32 Å². The zero-order valence-corrected chi connectivity index (χ0v) is 12.2. The number of aliphatic hydroxyl groups excluding tert-OH is 1. The summed E-state index contributed by atoms with van der Waals surface area (Å²) in [6, 6.07) is 6.97. The van der Waals surface area contributed by atoms with Crippen molar-refractivity contribution < 1.29 is 14.3 Å². The molecule has 114 valence electrons. The van der Waals surface area contributed by atoms with Gasteiger partial charge in [0.2, 0.25) is 0 Å². The summed E-state index contributed by atoms with van der Waals surface area (Å²) in [5.74, 6) is -0.166. The first kappa shape index (κ1) is 15.7. The third kappa shape index (κ3) is 3.89. The molecule has 1 saturated heterocycles. The number of halogens is 1. The molecule has 5 heteroatoms. The molecule has 1 fully saturated rings. The second kappa shape index (κ2) is 7.33. The fraction of sp³-hybridized carbons (Fsp3) is 0.438. The molecule has 1 unspecified atom stereocenters. The van der Waals surface area contributed by atoms with Gasteiger partial charge < -0.3 is 15.3 Å². The molecule has 0 bridgehead atoms. The molecule has 0 aliphatic carbocycles. The molecule has 1 atom stereocenters. The van der Waals surface area contributed by atoms with Gasteiger partial charge in [0, 0.05) is 25.7 Å². The van der Waals surface area contributed by atoms with Crippen LogP contribution in [0, 0.1) is 0 Å². The minimum Gasteiger partial charge on any atom is -0.392 e. The Morgan fingerprint density at radius 1 is 1.52 bits per heavy atom. The van der Waals surface area contributed by atoms with Crippen LogP contribution in [0.15, 0.2) is 35.9 Å². The van der Waals surface area contributed by atoms with E-state index in [1.165, 1.54) is 4.90 Å². The number of likely N-dealkylation sites (N-methyl/N-ethyl adjacent to an activating group) is 1. The smallest absolute Gasteiger partial charge is 0.254 e. The summed E-state index contributed by atoms with van der Waals surface area (Å²) in [7, 11) is 1.68. The van der Waals surface area contributed by atoms with E-state index in [1.807, 2.05) is 0 Å². The van der Waals surface area contributed by atoms with Gasteiger partial charge in [0.25, 0.3) is 5.91 Å². The van der Waals surface area contributed by atoms with Gasteiger partial charge in [0.15, 0.2) is 0 Å². The standard InChI is InChI=1S/C16H21FN2O2/c1-19(9-7-12-6-8-18-10-15(12)17)16(21)14-5-3-2-4-13(14)11-20/h2-5,7,15,18,20H,6,8-11H2,1H3.